The van der Waals surface area contributed by atoms with Crippen LogP contribution in [0.5, 0.6) is 0 Å². The molecule has 0 aromatic carbocycles. The first kappa shape index (κ1) is 16.3. The van der Waals surface area contributed by atoms with Gasteiger partial charge in [-0.15, -0.1) is 0 Å². The van der Waals surface area contributed by atoms with E-state index in [9.17, 15) is 18.0 Å². The van der Waals surface area contributed by atoms with E-state index in [2.05, 4.69) is 10.1 Å². The molecule has 0 aliphatic heterocycles. The van der Waals surface area contributed by atoms with Gasteiger partial charge >= 0.3 is 6.18 Å². The van der Waals surface area contributed by atoms with Crippen LogP contribution in [0.4, 0.5) is 13.2 Å². The second kappa shape index (κ2) is 5.26. The maximum absolute atomic E-state index is 12.6. The van der Waals surface area contributed by atoms with Gasteiger partial charge in [0.15, 0.2) is 5.82 Å². The van der Waals surface area contributed by atoms with Crippen molar-refractivity contribution in [3.63, 3.8) is 0 Å². The number of pyridine rings is 1. The number of nitrogens with zero attached hydrogens (tertiary/aromatic N) is 3. The number of rotatable bonds is 2. The van der Waals surface area contributed by atoms with Crippen molar-refractivity contribution in [3.8, 4) is 0 Å². The molecule has 0 fully saturated rings. The lowest BCUT2D eigenvalue weighted by molar-refractivity contribution is -0.137. The molecule has 0 aliphatic carbocycles. The summed E-state index contributed by atoms with van der Waals surface area (Å²) in [5, 5.41) is 3.84. The minimum Gasteiger partial charge on any atom is -0.337 e. The highest BCUT2D eigenvalue weighted by Crippen LogP contribution is 2.28. The quantitative estimate of drug-likeness (QED) is 0.854. The molecular weight excluding hydrogens is 299 g/mol. The standard InChI is InChI=1S/C14H16F3N3O2/c1-8(11-18-12(19-22-11)13(2,3)4)20-6-5-9(7-10(20)21)14(15,16)17/h5-8H,1-4H3. The molecule has 0 aliphatic rings. The van der Waals surface area contributed by atoms with Crippen molar-refractivity contribution in [1.82, 2.24) is 14.7 Å². The molecule has 0 amide bonds. The maximum Gasteiger partial charge on any atom is 0.416 e. The molecule has 0 N–H and O–H groups in total. The van der Waals surface area contributed by atoms with Crippen molar-refractivity contribution in [2.45, 2.75) is 45.3 Å². The third-order valence-corrected chi connectivity index (χ3v) is 3.16. The fourth-order valence-electron chi connectivity index (χ4n) is 1.81. The molecule has 8 heteroatoms. The summed E-state index contributed by atoms with van der Waals surface area (Å²) >= 11 is 0. The zero-order valence-electron chi connectivity index (χ0n) is 12.6. The van der Waals surface area contributed by atoms with Crippen LogP contribution in [0, 0.1) is 0 Å². The summed E-state index contributed by atoms with van der Waals surface area (Å²) in [6.07, 6.45) is -3.47. The van der Waals surface area contributed by atoms with E-state index in [0.29, 0.717) is 11.9 Å². The van der Waals surface area contributed by atoms with Crippen LogP contribution >= 0.6 is 0 Å². The van der Waals surface area contributed by atoms with Gasteiger partial charge < -0.3 is 9.09 Å². The average Bonchev–Trinajstić information content (AvgIpc) is 2.86. The second-order valence-electron chi connectivity index (χ2n) is 6.04. The summed E-state index contributed by atoms with van der Waals surface area (Å²) in [4.78, 5) is 16.1. The van der Waals surface area contributed by atoms with E-state index in [4.69, 9.17) is 4.52 Å². The van der Waals surface area contributed by atoms with Crippen LogP contribution in [0.15, 0.2) is 27.6 Å². The Labute approximate surface area is 124 Å². The van der Waals surface area contributed by atoms with E-state index in [1.54, 1.807) is 6.92 Å². The molecule has 0 radical (unpaired) electrons. The average molecular weight is 315 g/mol. The van der Waals surface area contributed by atoms with Gasteiger partial charge in [-0.1, -0.05) is 25.9 Å². The van der Waals surface area contributed by atoms with E-state index < -0.39 is 23.3 Å². The predicted octanol–water partition coefficient (Wildman–Crippen LogP) is 3.16. The molecule has 2 aromatic heterocycles. The van der Waals surface area contributed by atoms with Gasteiger partial charge in [-0.2, -0.15) is 18.2 Å². The number of alkyl halides is 3. The number of hydrogen-bond donors (Lipinski definition) is 0. The molecule has 2 aromatic rings. The van der Waals surface area contributed by atoms with Gasteiger partial charge in [0.1, 0.15) is 6.04 Å². The van der Waals surface area contributed by atoms with Gasteiger partial charge in [0.2, 0.25) is 5.89 Å². The fraction of sp³-hybridized carbons (Fsp3) is 0.500. The van der Waals surface area contributed by atoms with E-state index in [-0.39, 0.29) is 11.3 Å². The van der Waals surface area contributed by atoms with Gasteiger partial charge in [0, 0.05) is 17.7 Å². The highest BCUT2D eigenvalue weighted by molar-refractivity contribution is 5.16. The Morgan fingerprint density at radius 2 is 1.91 bits per heavy atom. The Balaban J connectivity index is 2.36. The molecular formula is C14H16F3N3O2. The molecule has 5 nitrogen and oxygen atoms in total. The summed E-state index contributed by atoms with van der Waals surface area (Å²) in [6, 6.07) is 0.745. The molecule has 22 heavy (non-hydrogen) atoms. The molecule has 0 saturated carbocycles. The van der Waals surface area contributed by atoms with Crippen LogP contribution in [0.3, 0.4) is 0 Å². The predicted molar refractivity (Wildman–Crippen MR) is 72.5 cm³/mol. The second-order valence-corrected chi connectivity index (χ2v) is 6.04. The van der Waals surface area contributed by atoms with Gasteiger partial charge in [-0.05, 0) is 13.0 Å². The third-order valence-electron chi connectivity index (χ3n) is 3.16. The lowest BCUT2D eigenvalue weighted by atomic mass is 9.96. The van der Waals surface area contributed by atoms with Crippen molar-refractivity contribution in [2.24, 2.45) is 0 Å². The first-order valence-corrected chi connectivity index (χ1v) is 6.63. The zero-order valence-corrected chi connectivity index (χ0v) is 12.6. The Bertz CT molecular complexity index is 726. The van der Waals surface area contributed by atoms with Crippen LogP contribution in [0.2, 0.25) is 0 Å². The molecule has 2 rings (SSSR count). The van der Waals surface area contributed by atoms with Gasteiger partial charge in [-0.25, -0.2) is 0 Å². The molecule has 0 saturated heterocycles. The molecule has 0 bridgehead atoms. The largest absolute Gasteiger partial charge is 0.416 e. The minimum atomic E-state index is -4.55. The van der Waals surface area contributed by atoms with E-state index in [0.717, 1.165) is 16.8 Å². The van der Waals surface area contributed by atoms with E-state index in [1.807, 2.05) is 20.8 Å². The van der Waals surface area contributed by atoms with Crippen LogP contribution in [-0.4, -0.2) is 14.7 Å². The lowest BCUT2D eigenvalue weighted by Crippen LogP contribution is -2.25. The summed E-state index contributed by atoms with van der Waals surface area (Å²) in [7, 11) is 0. The number of hydrogen-bond acceptors (Lipinski definition) is 4. The monoisotopic (exact) mass is 315 g/mol. The van der Waals surface area contributed by atoms with E-state index >= 15 is 0 Å². The Hall–Kier alpha value is -2.12. The summed E-state index contributed by atoms with van der Waals surface area (Å²) in [5.74, 6) is 0.640. The molecule has 1 atom stereocenters. The van der Waals surface area contributed by atoms with Crippen LogP contribution < -0.4 is 5.56 Å². The van der Waals surface area contributed by atoms with Crippen molar-refractivity contribution >= 4 is 0 Å². The fourth-order valence-corrected chi connectivity index (χ4v) is 1.81. The normalized spacial score (nSPS) is 14.1. The molecule has 0 spiro atoms. The minimum absolute atomic E-state index is 0.173. The Morgan fingerprint density at radius 1 is 1.27 bits per heavy atom. The van der Waals surface area contributed by atoms with Crippen LogP contribution in [0.1, 0.15) is 51.0 Å². The van der Waals surface area contributed by atoms with Crippen LogP contribution in [0.25, 0.3) is 0 Å². The summed E-state index contributed by atoms with van der Waals surface area (Å²) in [5.41, 5.74) is -2.09. The van der Waals surface area contributed by atoms with Crippen molar-refractivity contribution in [3.05, 3.63) is 46.0 Å². The SMILES string of the molecule is CC(c1nc(C(C)(C)C)no1)n1ccc(C(F)(F)F)cc1=O. The lowest BCUT2D eigenvalue weighted by Gasteiger charge is -2.13. The zero-order chi connectivity index (χ0) is 16.7. The van der Waals surface area contributed by atoms with Gasteiger partial charge in [0.05, 0.1) is 5.56 Å². The highest BCUT2D eigenvalue weighted by Gasteiger charge is 2.31. The maximum atomic E-state index is 12.6. The number of aromatic nitrogens is 3. The van der Waals surface area contributed by atoms with E-state index in [1.165, 1.54) is 0 Å². The first-order chi connectivity index (χ1) is 10.00. The van der Waals surface area contributed by atoms with Gasteiger partial charge in [0.25, 0.3) is 5.56 Å². The Morgan fingerprint density at radius 3 is 2.36 bits per heavy atom. The molecule has 1 unspecified atom stereocenters. The molecule has 2 heterocycles. The third kappa shape index (κ3) is 3.20. The topological polar surface area (TPSA) is 60.9 Å². The smallest absolute Gasteiger partial charge is 0.337 e. The van der Waals surface area contributed by atoms with Gasteiger partial charge in [-0.3, -0.25) is 4.79 Å². The molecule has 120 valence electrons. The van der Waals surface area contributed by atoms with Crippen molar-refractivity contribution in [1.29, 1.82) is 0 Å². The highest BCUT2D eigenvalue weighted by atomic mass is 19.4. The number of halogens is 3. The van der Waals surface area contributed by atoms with Crippen molar-refractivity contribution in [2.75, 3.05) is 0 Å². The first-order valence-electron chi connectivity index (χ1n) is 6.63. The summed E-state index contributed by atoms with van der Waals surface area (Å²) < 4.78 is 43.9. The summed E-state index contributed by atoms with van der Waals surface area (Å²) in [6.45, 7) is 7.30. The Kier molecular flexibility index (Phi) is 3.88. The van der Waals surface area contributed by atoms with Crippen molar-refractivity contribution < 1.29 is 17.7 Å². The van der Waals surface area contributed by atoms with Crippen LogP contribution in [-0.2, 0) is 11.6 Å².